The van der Waals surface area contributed by atoms with Gasteiger partial charge in [-0.25, -0.2) is 0 Å². The van der Waals surface area contributed by atoms with Crippen molar-refractivity contribution in [2.75, 3.05) is 19.7 Å². The summed E-state index contributed by atoms with van der Waals surface area (Å²) in [6, 6.07) is 6.98. The lowest BCUT2D eigenvalue weighted by Gasteiger charge is -2.27. The molecule has 1 aromatic rings. The zero-order valence-corrected chi connectivity index (χ0v) is 12.2. The lowest BCUT2D eigenvalue weighted by Crippen LogP contribution is -2.42. The molecule has 104 valence electrons. The highest BCUT2D eigenvalue weighted by Gasteiger charge is 2.25. The number of hydrogen-bond donors (Lipinski definition) is 0. The van der Waals surface area contributed by atoms with Gasteiger partial charge in [0, 0.05) is 30.3 Å². The highest BCUT2D eigenvalue weighted by atomic mass is 35.5. The second kappa shape index (κ2) is 6.51. The zero-order chi connectivity index (χ0) is 13.8. The minimum atomic E-state index is -0.120. The van der Waals surface area contributed by atoms with Crippen LogP contribution in [-0.4, -0.2) is 42.5 Å². The predicted molar refractivity (Wildman–Crippen MR) is 76.8 cm³/mol. The van der Waals surface area contributed by atoms with Crippen molar-refractivity contribution in [1.82, 2.24) is 4.90 Å². The van der Waals surface area contributed by atoms with Gasteiger partial charge in [0.25, 0.3) is 0 Å². The first-order chi connectivity index (χ1) is 9.08. The maximum absolute atomic E-state index is 12.4. The Kier molecular flexibility index (Phi) is 4.97. The van der Waals surface area contributed by atoms with E-state index >= 15 is 0 Å². The first kappa shape index (κ1) is 14.5. The molecule has 2 atom stereocenters. The molecule has 0 amide bonds. The molecular weight excluding hydrogens is 262 g/mol. The molecule has 1 aliphatic heterocycles. The molecule has 2 unspecified atom stereocenters. The standard InChI is InChI=1S/C15H20ClNO2/c1-11-10-17(8-3-9-19-11)12(2)15(18)13-4-6-14(16)7-5-13/h4-7,11-12H,3,8-10H2,1-2H3. The van der Waals surface area contributed by atoms with Crippen LogP contribution in [0.15, 0.2) is 24.3 Å². The van der Waals surface area contributed by atoms with Crippen LogP contribution in [0.25, 0.3) is 0 Å². The summed E-state index contributed by atoms with van der Waals surface area (Å²) in [7, 11) is 0. The Morgan fingerprint density at radius 1 is 1.42 bits per heavy atom. The summed E-state index contributed by atoms with van der Waals surface area (Å²) >= 11 is 5.85. The summed E-state index contributed by atoms with van der Waals surface area (Å²) in [5.41, 5.74) is 0.717. The lowest BCUT2D eigenvalue weighted by molar-refractivity contribution is 0.0581. The van der Waals surface area contributed by atoms with Gasteiger partial charge in [-0.1, -0.05) is 11.6 Å². The van der Waals surface area contributed by atoms with Crippen molar-refractivity contribution in [3.05, 3.63) is 34.9 Å². The second-order valence-corrected chi connectivity index (χ2v) is 5.51. The molecule has 1 aromatic carbocycles. The molecule has 4 heteroatoms. The van der Waals surface area contributed by atoms with E-state index in [1.807, 2.05) is 6.92 Å². The number of rotatable bonds is 3. The van der Waals surface area contributed by atoms with Crippen molar-refractivity contribution < 1.29 is 9.53 Å². The SMILES string of the molecule is CC1CN(C(C)C(=O)c2ccc(Cl)cc2)CCCO1. The van der Waals surface area contributed by atoms with Crippen LogP contribution in [0.5, 0.6) is 0 Å². The van der Waals surface area contributed by atoms with Crippen LogP contribution in [-0.2, 0) is 4.74 Å². The second-order valence-electron chi connectivity index (χ2n) is 5.08. The molecule has 0 bridgehead atoms. The van der Waals surface area contributed by atoms with E-state index in [1.165, 1.54) is 0 Å². The van der Waals surface area contributed by atoms with E-state index in [9.17, 15) is 4.79 Å². The Hall–Kier alpha value is -0.900. The van der Waals surface area contributed by atoms with Crippen molar-refractivity contribution in [3.63, 3.8) is 0 Å². The third kappa shape index (κ3) is 3.78. The number of benzene rings is 1. The number of hydrogen-bond acceptors (Lipinski definition) is 3. The predicted octanol–water partition coefficient (Wildman–Crippen LogP) is 3.02. The Morgan fingerprint density at radius 2 is 2.11 bits per heavy atom. The van der Waals surface area contributed by atoms with Crippen LogP contribution >= 0.6 is 11.6 Å². The van der Waals surface area contributed by atoms with Gasteiger partial charge in [0.05, 0.1) is 12.1 Å². The average molecular weight is 282 g/mol. The minimum absolute atomic E-state index is 0.120. The number of carbonyl (C=O) groups is 1. The molecule has 0 saturated carbocycles. The van der Waals surface area contributed by atoms with E-state index < -0.39 is 0 Å². The molecular formula is C15H20ClNO2. The topological polar surface area (TPSA) is 29.5 Å². The van der Waals surface area contributed by atoms with E-state index in [1.54, 1.807) is 24.3 Å². The van der Waals surface area contributed by atoms with E-state index in [2.05, 4.69) is 11.8 Å². The summed E-state index contributed by atoms with van der Waals surface area (Å²) in [4.78, 5) is 14.7. The summed E-state index contributed by atoms with van der Waals surface area (Å²) in [5.74, 6) is 0.144. The summed E-state index contributed by atoms with van der Waals surface area (Å²) in [6.07, 6.45) is 1.16. The molecule has 0 aromatic heterocycles. The fourth-order valence-corrected chi connectivity index (χ4v) is 2.53. The van der Waals surface area contributed by atoms with Gasteiger partial charge < -0.3 is 4.74 Å². The minimum Gasteiger partial charge on any atom is -0.377 e. The largest absolute Gasteiger partial charge is 0.377 e. The Bertz CT molecular complexity index is 432. The van der Waals surface area contributed by atoms with Gasteiger partial charge in [0.15, 0.2) is 5.78 Å². The summed E-state index contributed by atoms with van der Waals surface area (Å²) < 4.78 is 5.61. The van der Waals surface area contributed by atoms with Crippen LogP contribution in [0, 0.1) is 0 Å². The van der Waals surface area contributed by atoms with Crippen LogP contribution in [0.1, 0.15) is 30.6 Å². The van der Waals surface area contributed by atoms with Gasteiger partial charge in [-0.15, -0.1) is 0 Å². The van der Waals surface area contributed by atoms with Crippen molar-refractivity contribution in [3.8, 4) is 0 Å². The van der Waals surface area contributed by atoms with Crippen molar-refractivity contribution in [2.24, 2.45) is 0 Å². The molecule has 0 radical (unpaired) electrons. The fourth-order valence-electron chi connectivity index (χ4n) is 2.40. The van der Waals surface area contributed by atoms with E-state index in [0.717, 1.165) is 31.7 Å². The van der Waals surface area contributed by atoms with Crippen molar-refractivity contribution in [1.29, 1.82) is 0 Å². The zero-order valence-electron chi connectivity index (χ0n) is 11.4. The Labute approximate surface area is 119 Å². The monoisotopic (exact) mass is 281 g/mol. The van der Waals surface area contributed by atoms with Gasteiger partial charge in [-0.2, -0.15) is 0 Å². The van der Waals surface area contributed by atoms with Gasteiger partial charge in [-0.3, -0.25) is 9.69 Å². The van der Waals surface area contributed by atoms with Gasteiger partial charge in [0.2, 0.25) is 0 Å². The Balaban J connectivity index is 2.07. The van der Waals surface area contributed by atoms with Crippen LogP contribution in [0.2, 0.25) is 5.02 Å². The molecule has 1 fully saturated rings. The van der Waals surface area contributed by atoms with Gasteiger partial charge in [0.1, 0.15) is 0 Å². The first-order valence-electron chi connectivity index (χ1n) is 6.73. The molecule has 1 aliphatic rings. The van der Waals surface area contributed by atoms with E-state index in [0.29, 0.717) is 5.02 Å². The molecule has 0 spiro atoms. The molecule has 3 nitrogen and oxygen atoms in total. The maximum atomic E-state index is 12.4. The number of ether oxygens (including phenoxy) is 1. The molecule has 2 rings (SSSR count). The highest BCUT2D eigenvalue weighted by Crippen LogP contribution is 2.15. The van der Waals surface area contributed by atoms with Crippen LogP contribution in [0.3, 0.4) is 0 Å². The third-order valence-electron chi connectivity index (χ3n) is 3.54. The number of Topliss-reactive ketones (excluding diaryl/α,β-unsaturated/α-hetero) is 1. The summed E-state index contributed by atoms with van der Waals surface area (Å²) in [6.45, 7) is 6.51. The molecule has 1 heterocycles. The van der Waals surface area contributed by atoms with Crippen LogP contribution < -0.4 is 0 Å². The normalized spacial score (nSPS) is 22.8. The smallest absolute Gasteiger partial charge is 0.179 e. The van der Waals surface area contributed by atoms with E-state index in [4.69, 9.17) is 16.3 Å². The highest BCUT2D eigenvalue weighted by molar-refractivity contribution is 6.30. The number of ketones is 1. The molecule has 1 saturated heterocycles. The van der Waals surface area contributed by atoms with Gasteiger partial charge >= 0.3 is 0 Å². The average Bonchev–Trinajstić information content (AvgIpc) is 2.62. The first-order valence-corrected chi connectivity index (χ1v) is 7.11. The number of carbonyl (C=O) groups excluding carboxylic acids is 1. The maximum Gasteiger partial charge on any atom is 0.179 e. The molecule has 19 heavy (non-hydrogen) atoms. The van der Waals surface area contributed by atoms with E-state index in [-0.39, 0.29) is 17.9 Å². The Morgan fingerprint density at radius 3 is 2.79 bits per heavy atom. The molecule has 0 N–H and O–H groups in total. The number of halogens is 1. The van der Waals surface area contributed by atoms with Crippen molar-refractivity contribution >= 4 is 17.4 Å². The van der Waals surface area contributed by atoms with Crippen LogP contribution in [0.4, 0.5) is 0 Å². The van der Waals surface area contributed by atoms with Gasteiger partial charge in [-0.05, 0) is 44.5 Å². The van der Waals surface area contributed by atoms with Crippen molar-refractivity contribution in [2.45, 2.75) is 32.4 Å². The third-order valence-corrected chi connectivity index (χ3v) is 3.79. The summed E-state index contributed by atoms with van der Waals surface area (Å²) in [5, 5.41) is 0.654. The lowest BCUT2D eigenvalue weighted by atomic mass is 10.0. The fraction of sp³-hybridized carbons (Fsp3) is 0.533. The molecule has 0 aliphatic carbocycles. The quantitative estimate of drug-likeness (QED) is 0.798. The number of nitrogens with zero attached hydrogens (tertiary/aromatic N) is 1.